The van der Waals surface area contributed by atoms with Crippen molar-refractivity contribution < 1.29 is 24.1 Å². The molecular formula is C20H26O5. The third-order valence-electron chi connectivity index (χ3n) is 4.61. The van der Waals surface area contributed by atoms with Crippen molar-refractivity contribution in [3.05, 3.63) is 48.0 Å². The van der Waals surface area contributed by atoms with Gasteiger partial charge >= 0.3 is 5.97 Å². The molecule has 25 heavy (non-hydrogen) atoms. The zero-order chi connectivity index (χ0) is 18.2. The molecule has 0 amide bonds. The highest BCUT2D eigenvalue weighted by Crippen LogP contribution is 2.35. The van der Waals surface area contributed by atoms with Crippen LogP contribution in [0.2, 0.25) is 0 Å². The molecule has 0 spiro atoms. The first-order valence-corrected chi connectivity index (χ1v) is 8.71. The highest BCUT2D eigenvalue weighted by atomic mass is 16.6. The van der Waals surface area contributed by atoms with Gasteiger partial charge in [0.05, 0.1) is 11.5 Å². The predicted octanol–water partition coefficient (Wildman–Crippen LogP) is 2.79. The average Bonchev–Trinajstić information content (AvgIpc) is 3.01. The SMILES string of the molecule is CC(O[C@@H]1[C@@H](O)[C@H](OC(=O)C(C)(C)C)[C@@H]2C=C[C@H]1O2)c1ccccc1. The second-order valence-corrected chi connectivity index (χ2v) is 7.71. The maximum atomic E-state index is 12.3. The fraction of sp³-hybridized carbons (Fsp3) is 0.550. The van der Waals surface area contributed by atoms with E-state index in [4.69, 9.17) is 14.2 Å². The Morgan fingerprint density at radius 3 is 2.32 bits per heavy atom. The monoisotopic (exact) mass is 346 g/mol. The number of benzene rings is 1. The number of carbonyl (C=O) groups is 1. The number of esters is 1. The van der Waals surface area contributed by atoms with Gasteiger partial charge in [0.1, 0.15) is 24.4 Å². The van der Waals surface area contributed by atoms with Crippen molar-refractivity contribution in [1.82, 2.24) is 0 Å². The molecule has 0 radical (unpaired) electrons. The van der Waals surface area contributed by atoms with Crippen LogP contribution >= 0.6 is 0 Å². The molecule has 5 nitrogen and oxygen atoms in total. The number of aliphatic hydroxyl groups is 1. The van der Waals surface area contributed by atoms with Crippen LogP contribution in [-0.2, 0) is 19.0 Å². The summed E-state index contributed by atoms with van der Waals surface area (Å²) < 4.78 is 17.5. The first-order valence-electron chi connectivity index (χ1n) is 8.71. The zero-order valence-electron chi connectivity index (χ0n) is 15.1. The minimum absolute atomic E-state index is 0.214. The van der Waals surface area contributed by atoms with Gasteiger partial charge in [-0.1, -0.05) is 42.5 Å². The highest BCUT2D eigenvalue weighted by molar-refractivity contribution is 5.75. The van der Waals surface area contributed by atoms with E-state index in [2.05, 4.69) is 0 Å². The van der Waals surface area contributed by atoms with Gasteiger partial charge in [0.2, 0.25) is 0 Å². The molecule has 1 unspecified atom stereocenters. The van der Waals surface area contributed by atoms with Crippen molar-refractivity contribution in [1.29, 1.82) is 0 Å². The van der Waals surface area contributed by atoms with Crippen LogP contribution in [0.4, 0.5) is 0 Å². The van der Waals surface area contributed by atoms with Crippen molar-refractivity contribution in [2.75, 3.05) is 0 Å². The van der Waals surface area contributed by atoms with E-state index in [9.17, 15) is 9.90 Å². The zero-order valence-corrected chi connectivity index (χ0v) is 15.1. The minimum Gasteiger partial charge on any atom is -0.456 e. The summed E-state index contributed by atoms with van der Waals surface area (Å²) in [6.45, 7) is 7.28. The lowest BCUT2D eigenvalue weighted by atomic mass is 9.95. The molecule has 2 bridgehead atoms. The Balaban J connectivity index is 1.74. The molecule has 2 aliphatic heterocycles. The standard InChI is InChI=1S/C20H26O5/c1-12(13-8-6-5-7-9-13)23-17-14-10-11-15(24-14)18(16(17)21)25-19(22)20(2,3)4/h5-12,14-18,21H,1-4H3/t12?,14-,15+,16-,17+,18-/m1/s1. The topological polar surface area (TPSA) is 65.0 Å². The summed E-state index contributed by atoms with van der Waals surface area (Å²) >= 11 is 0. The molecule has 0 aromatic heterocycles. The normalized spacial score (nSPS) is 32.4. The van der Waals surface area contributed by atoms with Gasteiger partial charge in [0.15, 0.2) is 6.10 Å². The lowest BCUT2D eigenvalue weighted by molar-refractivity contribution is -0.229. The van der Waals surface area contributed by atoms with E-state index in [0.29, 0.717) is 0 Å². The van der Waals surface area contributed by atoms with E-state index in [1.807, 2.05) is 49.4 Å². The number of carbonyl (C=O) groups excluding carboxylic acids is 1. The lowest BCUT2D eigenvalue weighted by Gasteiger charge is -2.41. The van der Waals surface area contributed by atoms with Gasteiger partial charge in [-0.3, -0.25) is 4.79 Å². The van der Waals surface area contributed by atoms with E-state index in [1.165, 1.54) is 0 Å². The van der Waals surface area contributed by atoms with Crippen molar-refractivity contribution in [2.45, 2.75) is 64.3 Å². The van der Waals surface area contributed by atoms with E-state index in [1.54, 1.807) is 20.8 Å². The molecule has 3 rings (SSSR count). The summed E-state index contributed by atoms with van der Waals surface area (Å²) in [7, 11) is 0. The number of aliphatic hydroxyl groups excluding tert-OH is 1. The maximum absolute atomic E-state index is 12.3. The Hall–Kier alpha value is -1.69. The van der Waals surface area contributed by atoms with Crippen LogP contribution in [-0.4, -0.2) is 41.6 Å². The first-order chi connectivity index (χ1) is 11.8. The third kappa shape index (κ3) is 3.78. The lowest BCUT2D eigenvalue weighted by Crippen LogP contribution is -2.57. The number of hydrogen-bond acceptors (Lipinski definition) is 5. The maximum Gasteiger partial charge on any atom is 0.311 e. The van der Waals surface area contributed by atoms with Crippen LogP contribution in [0, 0.1) is 5.41 Å². The van der Waals surface area contributed by atoms with Crippen LogP contribution in [0.1, 0.15) is 39.4 Å². The van der Waals surface area contributed by atoms with Crippen molar-refractivity contribution in [2.24, 2.45) is 5.41 Å². The summed E-state index contributed by atoms with van der Waals surface area (Å²) in [6.07, 6.45) is 0.420. The molecule has 1 aromatic carbocycles. The number of hydrogen-bond donors (Lipinski definition) is 1. The molecule has 0 aliphatic carbocycles. The van der Waals surface area contributed by atoms with Crippen LogP contribution in [0.5, 0.6) is 0 Å². The second kappa shape index (κ2) is 6.90. The van der Waals surface area contributed by atoms with Gasteiger partial charge in [-0.15, -0.1) is 0 Å². The quantitative estimate of drug-likeness (QED) is 0.671. The minimum atomic E-state index is -0.948. The van der Waals surface area contributed by atoms with Crippen LogP contribution < -0.4 is 0 Å². The molecule has 2 heterocycles. The molecule has 6 atom stereocenters. The fourth-order valence-corrected chi connectivity index (χ4v) is 3.07. The van der Waals surface area contributed by atoms with E-state index >= 15 is 0 Å². The number of rotatable bonds is 4. The summed E-state index contributed by atoms with van der Waals surface area (Å²) in [4.78, 5) is 12.3. The molecule has 136 valence electrons. The summed E-state index contributed by atoms with van der Waals surface area (Å²) in [5.74, 6) is -0.367. The molecule has 1 fully saturated rings. The molecule has 1 saturated heterocycles. The Labute approximate surface area is 148 Å². The summed E-state index contributed by atoms with van der Waals surface area (Å²) in [5.41, 5.74) is 0.370. The van der Waals surface area contributed by atoms with E-state index in [-0.39, 0.29) is 18.2 Å². The van der Waals surface area contributed by atoms with Crippen molar-refractivity contribution in [3.63, 3.8) is 0 Å². The van der Waals surface area contributed by atoms with Crippen molar-refractivity contribution >= 4 is 5.97 Å². The van der Waals surface area contributed by atoms with Crippen LogP contribution in [0.3, 0.4) is 0 Å². The Bertz CT molecular complexity index is 633. The summed E-state index contributed by atoms with van der Waals surface area (Å²) in [5, 5.41) is 10.8. The third-order valence-corrected chi connectivity index (χ3v) is 4.61. The van der Waals surface area contributed by atoms with Crippen LogP contribution in [0.15, 0.2) is 42.5 Å². The molecule has 1 N–H and O–H groups in total. The molecule has 2 aliphatic rings. The predicted molar refractivity (Wildman–Crippen MR) is 92.9 cm³/mol. The van der Waals surface area contributed by atoms with E-state index < -0.39 is 29.8 Å². The van der Waals surface area contributed by atoms with Gasteiger partial charge in [0.25, 0.3) is 0 Å². The molecule has 5 heteroatoms. The molecular weight excluding hydrogens is 320 g/mol. The van der Waals surface area contributed by atoms with Gasteiger partial charge in [-0.25, -0.2) is 0 Å². The Morgan fingerprint density at radius 2 is 1.72 bits per heavy atom. The smallest absolute Gasteiger partial charge is 0.311 e. The second-order valence-electron chi connectivity index (χ2n) is 7.71. The van der Waals surface area contributed by atoms with Crippen LogP contribution in [0.25, 0.3) is 0 Å². The first kappa shape index (κ1) is 18.1. The van der Waals surface area contributed by atoms with Gasteiger partial charge in [-0.2, -0.15) is 0 Å². The van der Waals surface area contributed by atoms with E-state index in [0.717, 1.165) is 5.56 Å². The van der Waals surface area contributed by atoms with Gasteiger partial charge < -0.3 is 19.3 Å². The Kier molecular flexibility index (Phi) is 5.00. The van der Waals surface area contributed by atoms with Crippen molar-refractivity contribution in [3.8, 4) is 0 Å². The van der Waals surface area contributed by atoms with Gasteiger partial charge in [0, 0.05) is 0 Å². The fourth-order valence-electron chi connectivity index (χ4n) is 3.07. The molecule has 1 aromatic rings. The average molecular weight is 346 g/mol. The highest BCUT2D eigenvalue weighted by Gasteiger charge is 2.50. The number of ether oxygens (including phenoxy) is 3. The van der Waals surface area contributed by atoms with Gasteiger partial charge in [-0.05, 0) is 33.3 Å². The largest absolute Gasteiger partial charge is 0.456 e. The summed E-state index contributed by atoms with van der Waals surface area (Å²) in [6, 6.07) is 9.79. The Morgan fingerprint density at radius 1 is 1.12 bits per heavy atom. The molecule has 0 saturated carbocycles. The number of fused-ring (bicyclic) bond motifs is 2.